The zero-order valence-electron chi connectivity index (χ0n) is 10.2. The van der Waals surface area contributed by atoms with Crippen molar-refractivity contribution in [2.45, 2.75) is 12.2 Å². The number of hydrogen-bond donors (Lipinski definition) is 0. The summed E-state index contributed by atoms with van der Waals surface area (Å²) in [5, 5.41) is 0. The first-order valence-electron chi connectivity index (χ1n) is 6.04. The lowest BCUT2D eigenvalue weighted by molar-refractivity contribution is -0.144. The van der Waals surface area contributed by atoms with Gasteiger partial charge in [-0.25, -0.2) is 4.79 Å². The van der Waals surface area contributed by atoms with Crippen molar-refractivity contribution >= 4 is 11.9 Å². The van der Waals surface area contributed by atoms with Gasteiger partial charge in [-0.1, -0.05) is 30.3 Å². The molecule has 2 heterocycles. The van der Waals surface area contributed by atoms with Gasteiger partial charge in [0.1, 0.15) is 6.61 Å². The molecular weight excluding hydrogens is 246 g/mol. The van der Waals surface area contributed by atoms with Gasteiger partial charge in [-0.3, -0.25) is 9.69 Å². The van der Waals surface area contributed by atoms with E-state index in [2.05, 4.69) is 0 Å². The number of benzene rings is 1. The second-order valence-electron chi connectivity index (χ2n) is 4.68. The van der Waals surface area contributed by atoms with Crippen LogP contribution in [0.5, 0.6) is 0 Å². The number of carbonyl (C=O) groups excluding carboxylic acids is 2. The fourth-order valence-corrected chi connectivity index (χ4v) is 2.18. The Morgan fingerprint density at radius 1 is 1.32 bits per heavy atom. The van der Waals surface area contributed by atoms with Gasteiger partial charge in [0.05, 0.1) is 19.4 Å². The highest BCUT2D eigenvalue weighted by Gasteiger charge is 2.54. The van der Waals surface area contributed by atoms with Crippen molar-refractivity contribution in [3.05, 3.63) is 48.2 Å². The van der Waals surface area contributed by atoms with E-state index in [1.54, 1.807) is 0 Å². The molecule has 1 aromatic carbocycles. The molecule has 5 heteroatoms. The van der Waals surface area contributed by atoms with Crippen molar-refractivity contribution < 1.29 is 19.1 Å². The van der Waals surface area contributed by atoms with Crippen molar-refractivity contribution in [2.24, 2.45) is 0 Å². The van der Waals surface area contributed by atoms with E-state index in [0.717, 1.165) is 5.56 Å². The van der Waals surface area contributed by atoms with Gasteiger partial charge in [0.25, 0.3) is 0 Å². The first-order valence-corrected chi connectivity index (χ1v) is 6.04. The van der Waals surface area contributed by atoms with Crippen LogP contribution in [0, 0.1) is 0 Å². The average molecular weight is 259 g/mol. The number of ketones is 1. The van der Waals surface area contributed by atoms with Crippen molar-refractivity contribution in [2.75, 3.05) is 13.1 Å². The molecule has 5 nitrogen and oxygen atoms in total. The number of ether oxygens (including phenoxy) is 2. The molecular formula is C14H13NO4. The minimum absolute atomic E-state index is 0.0837. The maximum atomic E-state index is 11.8. The Hall–Kier alpha value is -2.30. The minimum Gasteiger partial charge on any atom is -0.483 e. The quantitative estimate of drug-likeness (QED) is 0.807. The monoisotopic (exact) mass is 259 g/mol. The van der Waals surface area contributed by atoms with Gasteiger partial charge in [-0.05, 0) is 5.56 Å². The van der Waals surface area contributed by atoms with E-state index in [4.69, 9.17) is 9.47 Å². The summed E-state index contributed by atoms with van der Waals surface area (Å²) in [6.45, 7) is 0.745. The van der Waals surface area contributed by atoms with Gasteiger partial charge in [-0.2, -0.15) is 0 Å². The van der Waals surface area contributed by atoms with Gasteiger partial charge in [0, 0.05) is 6.08 Å². The molecule has 19 heavy (non-hydrogen) atoms. The zero-order chi connectivity index (χ0) is 13.3. The molecule has 2 aliphatic heterocycles. The molecule has 0 saturated carbocycles. The summed E-state index contributed by atoms with van der Waals surface area (Å²) < 4.78 is 10.4. The van der Waals surface area contributed by atoms with Crippen LogP contribution in [0.1, 0.15) is 5.56 Å². The van der Waals surface area contributed by atoms with E-state index in [0.29, 0.717) is 0 Å². The lowest BCUT2D eigenvalue weighted by atomic mass is 9.91. The molecule has 1 aromatic rings. The number of hydrogen-bond acceptors (Lipinski definition) is 4. The molecule has 1 fully saturated rings. The molecule has 2 aliphatic rings. The Kier molecular flexibility index (Phi) is 2.74. The van der Waals surface area contributed by atoms with Crippen LogP contribution in [0.3, 0.4) is 0 Å². The standard InChI is InChI=1S/C14H13NO4/c16-12-6-7-19-14(12)9-15(10-14)13(17)18-8-11-4-2-1-3-5-11/h1-7H,8-10H2. The zero-order valence-corrected chi connectivity index (χ0v) is 10.2. The third-order valence-corrected chi connectivity index (χ3v) is 3.32. The van der Waals surface area contributed by atoms with E-state index in [-0.39, 0.29) is 25.5 Å². The van der Waals surface area contributed by atoms with Crippen molar-refractivity contribution in [1.82, 2.24) is 4.90 Å². The van der Waals surface area contributed by atoms with Crippen LogP contribution in [0.4, 0.5) is 4.79 Å². The molecule has 0 radical (unpaired) electrons. The van der Waals surface area contributed by atoms with Gasteiger partial charge in [0.2, 0.25) is 11.4 Å². The Labute approximate surface area is 110 Å². The van der Waals surface area contributed by atoms with Gasteiger partial charge in [-0.15, -0.1) is 0 Å². The van der Waals surface area contributed by atoms with Gasteiger partial charge in [0.15, 0.2) is 0 Å². The van der Waals surface area contributed by atoms with Gasteiger partial charge < -0.3 is 9.47 Å². The van der Waals surface area contributed by atoms with E-state index < -0.39 is 11.7 Å². The van der Waals surface area contributed by atoms with Gasteiger partial charge >= 0.3 is 6.09 Å². The maximum absolute atomic E-state index is 11.8. The highest BCUT2D eigenvalue weighted by Crippen LogP contribution is 2.31. The summed E-state index contributed by atoms with van der Waals surface area (Å²) in [6.07, 6.45) is 2.36. The smallest absolute Gasteiger partial charge is 0.410 e. The van der Waals surface area contributed by atoms with Crippen molar-refractivity contribution in [3.63, 3.8) is 0 Å². The minimum atomic E-state index is -0.842. The van der Waals surface area contributed by atoms with Crippen LogP contribution < -0.4 is 0 Å². The third kappa shape index (κ3) is 2.07. The predicted octanol–water partition coefficient (Wildman–Crippen LogP) is 1.49. The highest BCUT2D eigenvalue weighted by molar-refractivity contribution is 6.00. The molecule has 98 valence electrons. The number of nitrogens with zero attached hydrogens (tertiary/aromatic N) is 1. The summed E-state index contributed by atoms with van der Waals surface area (Å²) in [5.41, 5.74) is 0.0899. The van der Waals surface area contributed by atoms with E-state index in [9.17, 15) is 9.59 Å². The summed E-state index contributed by atoms with van der Waals surface area (Å²) in [5.74, 6) is -0.0837. The lowest BCUT2D eigenvalue weighted by Crippen LogP contribution is -2.66. The normalized spacial score (nSPS) is 19.2. The van der Waals surface area contributed by atoms with Crippen LogP contribution in [-0.4, -0.2) is 35.5 Å². The second kappa shape index (κ2) is 4.42. The van der Waals surface area contributed by atoms with Crippen LogP contribution >= 0.6 is 0 Å². The first-order chi connectivity index (χ1) is 9.20. The van der Waals surface area contributed by atoms with Crippen LogP contribution in [-0.2, 0) is 20.9 Å². The lowest BCUT2D eigenvalue weighted by Gasteiger charge is -2.44. The fraction of sp³-hybridized carbons (Fsp3) is 0.286. The van der Waals surface area contributed by atoms with Crippen LogP contribution in [0.2, 0.25) is 0 Å². The van der Waals surface area contributed by atoms with Crippen molar-refractivity contribution in [1.29, 1.82) is 0 Å². The summed E-state index contributed by atoms with van der Waals surface area (Å²) in [7, 11) is 0. The molecule has 0 unspecified atom stereocenters. The molecule has 0 bridgehead atoms. The Balaban J connectivity index is 1.50. The Bertz CT molecular complexity index is 532. The highest BCUT2D eigenvalue weighted by atomic mass is 16.6. The molecule has 0 N–H and O–H groups in total. The van der Waals surface area contributed by atoms with Crippen LogP contribution in [0.25, 0.3) is 0 Å². The number of likely N-dealkylation sites (tertiary alicyclic amines) is 1. The molecule has 1 saturated heterocycles. The third-order valence-electron chi connectivity index (χ3n) is 3.32. The maximum Gasteiger partial charge on any atom is 0.410 e. The summed E-state index contributed by atoms with van der Waals surface area (Å²) in [4.78, 5) is 24.8. The molecule has 0 atom stereocenters. The Morgan fingerprint density at radius 2 is 2.05 bits per heavy atom. The molecule has 0 aliphatic carbocycles. The summed E-state index contributed by atoms with van der Waals surface area (Å²) in [6, 6.07) is 9.45. The number of rotatable bonds is 2. The van der Waals surface area contributed by atoms with E-state index >= 15 is 0 Å². The number of carbonyl (C=O) groups is 2. The largest absolute Gasteiger partial charge is 0.483 e. The van der Waals surface area contributed by atoms with E-state index in [1.807, 2.05) is 30.3 Å². The summed E-state index contributed by atoms with van der Waals surface area (Å²) >= 11 is 0. The van der Waals surface area contributed by atoms with Crippen molar-refractivity contribution in [3.8, 4) is 0 Å². The average Bonchev–Trinajstić information content (AvgIpc) is 2.77. The molecule has 1 amide bonds. The second-order valence-corrected chi connectivity index (χ2v) is 4.68. The fourth-order valence-electron chi connectivity index (χ4n) is 2.18. The molecule has 3 rings (SSSR count). The predicted molar refractivity (Wildman–Crippen MR) is 66.2 cm³/mol. The molecule has 1 spiro atoms. The first kappa shape index (κ1) is 11.8. The Morgan fingerprint density at radius 3 is 2.68 bits per heavy atom. The van der Waals surface area contributed by atoms with Crippen LogP contribution in [0.15, 0.2) is 42.7 Å². The topological polar surface area (TPSA) is 55.8 Å². The molecule has 0 aromatic heterocycles. The SMILES string of the molecule is O=C(OCc1ccccc1)N1CC2(C1)OC=CC2=O. The van der Waals surface area contributed by atoms with E-state index in [1.165, 1.54) is 17.2 Å². The number of amides is 1.